The monoisotopic (exact) mass is 839 g/mol. The van der Waals surface area contributed by atoms with Crippen molar-refractivity contribution in [2.24, 2.45) is 0 Å². The van der Waals surface area contributed by atoms with E-state index in [0.717, 1.165) is 79.3 Å². The van der Waals surface area contributed by atoms with E-state index in [-0.39, 0.29) is 0 Å². The Kier molecular flexibility index (Phi) is 10.5. The predicted octanol–water partition coefficient (Wildman–Crippen LogP) is 16.4. The van der Waals surface area contributed by atoms with Crippen LogP contribution in [0.15, 0.2) is 259 Å². The Morgan fingerprint density at radius 1 is 0.328 bits per heavy atom. The molecule has 1 aliphatic rings. The molecule has 2 heterocycles. The van der Waals surface area contributed by atoms with Gasteiger partial charge in [-0.25, -0.2) is 9.97 Å². The molecule has 0 radical (unpaired) electrons. The quantitative estimate of drug-likeness (QED) is 0.137. The van der Waals surface area contributed by atoms with E-state index in [0.29, 0.717) is 5.82 Å². The summed E-state index contributed by atoms with van der Waals surface area (Å²) >= 11 is 1.81. The number of hydrogen-bond donors (Lipinski definition) is 0. The van der Waals surface area contributed by atoms with Gasteiger partial charge < -0.3 is 14.7 Å². The SMILES string of the molecule is c1ccc(-c2cc(-c3cc(N(c4ccccc4)c4ccccc4)c(N4c5ccccc5Sc5ccccc54)c(N(c4ccccc4)c4ccccc4)c3)nc(-c3ccccc3)n2)cc1. The summed E-state index contributed by atoms with van der Waals surface area (Å²) in [6, 6.07) is 87.7. The second-order valence-corrected chi connectivity index (χ2v) is 16.5. The van der Waals surface area contributed by atoms with E-state index in [1.807, 2.05) is 36.0 Å². The van der Waals surface area contributed by atoms with Crippen LogP contribution in [-0.4, -0.2) is 9.97 Å². The zero-order valence-corrected chi connectivity index (χ0v) is 35.6. The van der Waals surface area contributed by atoms with Gasteiger partial charge in [-0.2, -0.15) is 0 Å². The molecule has 9 aromatic carbocycles. The van der Waals surface area contributed by atoms with Crippen molar-refractivity contribution in [2.45, 2.75) is 9.79 Å². The van der Waals surface area contributed by atoms with Gasteiger partial charge in [-0.05, 0) is 91.0 Å². The fraction of sp³-hybridized carbons (Fsp3) is 0. The van der Waals surface area contributed by atoms with Crippen molar-refractivity contribution in [3.8, 4) is 33.9 Å². The lowest BCUT2D eigenvalue weighted by Gasteiger charge is -2.40. The highest BCUT2D eigenvalue weighted by Gasteiger charge is 2.34. The summed E-state index contributed by atoms with van der Waals surface area (Å²) in [4.78, 5) is 20.2. The minimum atomic E-state index is 0.658. The number of fused-ring (bicyclic) bond motifs is 2. The molecule has 0 aliphatic carbocycles. The molecule has 0 saturated carbocycles. The lowest BCUT2D eigenvalue weighted by molar-refractivity contribution is 1.13. The van der Waals surface area contributed by atoms with Crippen molar-refractivity contribution >= 4 is 62.9 Å². The number of nitrogens with zero attached hydrogens (tertiary/aromatic N) is 5. The Morgan fingerprint density at radius 2 is 0.672 bits per heavy atom. The third-order valence-corrected chi connectivity index (χ3v) is 12.5. The fourth-order valence-corrected chi connectivity index (χ4v) is 9.56. The molecular weight excluding hydrogens is 799 g/mol. The minimum Gasteiger partial charge on any atom is -0.308 e. The van der Waals surface area contributed by atoms with Gasteiger partial charge >= 0.3 is 0 Å². The van der Waals surface area contributed by atoms with E-state index in [1.54, 1.807) is 0 Å². The third-order valence-electron chi connectivity index (χ3n) is 11.4. The van der Waals surface area contributed by atoms with Crippen LogP contribution in [0.4, 0.5) is 51.2 Å². The third kappa shape index (κ3) is 7.46. The summed E-state index contributed by atoms with van der Waals surface area (Å²) in [6.07, 6.45) is 0. The largest absolute Gasteiger partial charge is 0.308 e. The highest BCUT2D eigenvalue weighted by Crippen LogP contribution is 2.59. The molecule has 0 unspecified atom stereocenters. The number of aromatic nitrogens is 2. The van der Waals surface area contributed by atoms with Gasteiger partial charge in [0.05, 0.1) is 39.8 Å². The standard InChI is InChI=1S/C58H41N5S/c1-7-23-42(24-8-1)49-41-50(60-58(59-49)43-25-9-2-10-26-43)44-39-53(61(45-27-11-3-12-28-45)46-29-13-4-14-30-46)57(63-51-35-19-21-37-55(51)64-56-38-22-20-36-52(56)63)54(40-44)62(47-31-15-5-16-32-47)48-33-17-6-18-34-48/h1-41H. The first-order chi connectivity index (χ1) is 31.8. The highest BCUT2D eigenvalue weighted by molar-refractivity contribution is 7.99. The van der Waals surface area contributed by atoms with Crippen LogP contribution in [-0.2, 0) is 0 Å². The first-order valence-electron chi connectivity index (χ1n) is 21.4. The van der Waals surface area contributed by atoms with Gasteiger partial charge in [0, 0.05) is 49.2 Å². The van der Waals surface area contributed by atoms with E-state index in [9.17, 15) is 0 Å². The molecular formula is C58H41N5S. The molecule has 0 saturated heterocycles. The van der Waals surface area contributed by atoms with Gasteiger partial charge in [0.25, 0.3) is 0 Å². The Morgan fingerprint density at radius 3 is 1.09 bits per heavy atom. The summed E-state index contributed by atoms with van der Waals surface area (Å²) in [6.45, 7) is 0. The number of anilines is 9. The molecule has 0 N–H and O–H groups in total. The summed E-state index contributed by atoms with van der Waals surface area (Å²) in [5.74, 6) is 0.658. The maximum atomic E-state index is 5.44. The van der Waals surface area contributed by atoms with Crippen LogP contribution in [0.2, 0.25) is 0 Å². The maximum absolute atomic E-state index is 5.44. The number of benzene rings is 9. The first kappa shape index (κ1) is 38.7. The molecule has 0 fully saturated rings. The zero-order chi connectivity index (χ0) is 42.7. The maximum Gasteiger partial charge on any atom is 0.160 e. The topological polar surface area (TPSA) is 35.5 Å². The second kappa shape index (κ2) is 17.3. The summed E-state index contributed by atoms with van der Waals surface area (Å²) in [7, 11) is 0. The molecule has 304 valence electrons. The summed E-state index contributed by atoms with van der Waals surface area (Å²) in [5, 5.41) is 0. The second-order valence-electron chi connectivity index (χ2n) is 15.4. The van der Waals surface area contributed by atoms with Crippen LogP contribution < -0.4 is 14.7 Å². The van der Waals surface area contributed by atoms with E-state index < -0.39 is 0 Å². The molecule has 64 heavy (non-hydrogen) atoms. The number of hydrogen-bond acceptors (Lipinski definition) is 6. The van der Waals surface area contributed by atoms with E-state index in [2.05, 4.69) is 239 Å². The lowest BCUT2D eigenvalue weighted by Crippen LogP contribution is -2.23. The summed E-state index contributed by atoms with van der Waals surface area (Å²) in [5.41, 5.74) is 13.8. The zero-order valence-electron chi connectivity index (χ0n) is 34.8. The van der Waals surface area contributed by atoms with Crippen molar-refractivity contribution < 1.29 is 0 Å². The smallest absolute Gasteiger partial charge is 0.160 e. The molecule has 0 amide bonds. The van der Waals surface area contributed by atoms with Crippen molar-refractivity contribution in [1.82, 2.24) is 9.97 Å². The van der Waals surface area contributed by atoms with E-state index in [4.69, 9.17) is 9.97 Å². The van der Waals surface area contributed by atoms with Gasteiger partial charge in [0.15, 0.2) is 5.82 Å². The van der Waals surface area contributed by atoms with Crippen LogP contribution in [0, 0.1) is 0 Å². The Labute approximate surface area is 378 Å². The van der Waals surface area contributed by atoms with Gasteiger partial charge in [-0.3, -0.25) is 0 Å². The van der Waals surface area contributed by atoms with Crippen LogP contribution in [0.5, 0.6) is 0 Å². The fourth-order valence-electron chi connectivity index (χ4n) is 8.50. The average Bonchev–Trinajstić information content (AvgIpc) is 3.37. The van der Waals surface area contributed by atoms with Crippen molar-refractivity contribution in [3.05, 3.63) is 249 Å². The van der Waals surface area contributed by atoms with Gasteiger partial charge in [-0.15, -0.1) is 0 Å². The van der Waals surface area contributed by atoms with Crippen molar-refractivity contribution in [3.63, 3.8) is 0 Å². The Bertz CT molecular complexity index is 2900. The van der Waals surface area contributed by atoms with Crippen LogP contribution in [0.25, 0.3) is 33.9 Å². The molecule has 0 bridgehead atoms. The van der Waals surface area contributed by atoms with E-state index in [1.165, 1.54) is 9.79 Å². The van der Waals surface area contributed by atoms with E-state index >= 15 is 0 Å². The first-order valence-corrected chi connectivity index (χ1v) is 22.2. The molecule has 5 nitrogen and oxygen atoms in total. The molecule has 1 aromatic heterocycles. The van der Waals surface area contributed by atoms with Gasteiger partial charge in [0.1, 0.15) is 0 Å². The summed E-state index contributed by atoms with van der Waals surface area (Å²) < 4.78 is 0. The highest BCUT2D eigenvalue weighted by atomic mass is 32.2. The Hall–Kier alpha value is -8.19. The van der Waals surface area contributed by atoms with Crippen LogP contribution >= 0.6 is 11.8 Å². The van der Waals surface area contributed by atoms with Gasteiger partial charge in [-0.1, -0.05) is 169 Å². The number of para-hydroxylation sites is 6. The van der Waals surface area contributed by atoms with Crippen LogP contribution in [0.3, 0.4) is 0 Å². The molecule has 6 heteroatoms. The minimum absolute atomic E-state index is 0.658. The normalized spacial score (nSPS) is 11.7. The van der Waals surface area contributed by atoms with Crippen LogP contribution in [0.1, 0.15) is 0 Å². The molecule has 1 aliphatic heterocycles. The van der Waals surface area contributed by atoms with Crippen molar-refractivity contribution in [2.75, 3.05) is 14.7 Å². The Balaban J connectivity index is 1.31. The molecule has 0 atom stereocenters. The number of rotatable bonds is 10. The van der Waals surface area contributed by atoms with Gasteiger partial charge in [0.2, 0.25) is 0 Å². The predicted molar refractivity (Wildman–Crippen MR) is 267 cm³/mol. The molecule has 11 rings (SSSR count). The average molecular weight is 840 g/mol. The molecule has 0 spiro atoms. The molecule has 10 aromatic rings. The van der Waals surface area contributed by atoms with Crippen molar-refractivity contribution in [1.29, 1.82) is 0 Å². The lowest BCUT2D eigenvalue weighted by atomic mass is 10.00.